The van der Waals surface area contributed by atoms with Crippen molar-refractivity contribution in [3.8, 4) is 12.3 Å². The third-order valence-electron chi connectivity index (χ3n) is 3.65. The maximum absolute atomic E-state index is 12.4. The van der Waals surface area contributed by atoms with Crippen molar-refractivity contribution in [3.63, 3.8) is 0 Å². The molecule has 3 aromatic rings. The third-order valence-corrected chi connectivity index (χ3v) is 5.07. The van der Waals surface area contributed by atoms with Gasteiger partial charge < -0.3 is 5.32 Å². The molecule has 2 aromatic heterocycles. The highest BCUT2D eigenvalue weighted by atomic mass is 32.2. The Hall–Kier alpha value is -3.22. The number of H-pyrrole nitrogens is 1. The van der Waals surface area contributed by atoms with Crippen LogP contribution in [0.25, 0.3) is 11.0 Å². The summed E-state index contributed by atoms with van der Waals surface area (Å²) in [6.45, 7) is 1.75. The molecule has 3 N–H and O–H groups in total. The Labute approximate surface area is 150 Å². The van der Waals surface area contributed by atoms with Crippen molar-refractivity contribution in [3.05, 3.63) is 47.8 Å². The first-order valence-electron chi connectivity index (χ1n) is 7.56. The van der Waals surface area contributed by atoms with Gasteiger partial charge in [0.05, 0.1) is 23.3 Å². The van der Waals surface area contributed by atoms with Crippen LogP contribution in [0.5, 0.6) is 0 Å². The summed E-state index contributed by atoms with van der Waals surface area (Å²) >= 11 is 0. The van der Waals surface area contributed by atoms with Gasteiger partial charge in [-0.25, -0.2) is 13.4 Å². The zero-order valence-corrected chi connectivity index (χ0v) is 14.6. The number of aromatic amines is 1. The molecule has 0 unspecified atom stereocenters. The smallest absolute Gasteiger partial charge is 0.255 e. The molecule has 0 spiro atoms. The molecular weight excluding hydrogens is 354 g/mol. The Morgan fingerprint density at radius 1 is 1.31 bits per heavy atom. The molecular formula is C17H15N5O3S. The second kappa shape index (κ2) is 6.95. The molecule has 0 fully saturated rings. The molecule has 0 atom stereocenters. The van der Waals surface area contributed by atoms with Crippen molar-refractivity contribution >= 4 is 32.7 Å². The summed E-state index contributed by atoms with van der Waals surface area (Å²) < 4.78 is 26.2. The molecule has 132 valence electrons. The minimum atomic E-state index is -3.69. The van der Waals surface area contributed by atoms with Crippen LogP contribution in [-0.2, 0) is 10.0 Å². The van der Waals surface area contributed by atoms with Gasteiger partial charge in [0.2, 0.25) is 10.0 Å². The lowest BCUT2D eigenvalue weighted by Crippen LogP contribution is -2.24. The highest BCUT2D eigenvalue weighted by molar-refractivity contribution is 7.89. The molecule has 0 aliphatic heterocycles. The molecule has 1 amide bonds. The number of hydrogen-bond donors (Lipinski definition) is 3. The number of hydrogen-bond acceptors (Lipinski definition) is 5. The average Bonchev–Trinajstić information content (AvgIpc) is 3.01. The van der Waals surface area contributed by atoms with E-state index < -0.39 is 10.0 Å². The molecule has 0 aliphatic carbocycles. The summed E-state index contributed by atoms with van der Waals surface area (Å²) in [5, 5.41) is 10.4. The van der Waals surface area contributed by atoms with Gasteiger partial charge in [-0.2, -0.15) is 9.82 Å². The average molecular weight is 369 g/mol. The van der Waals surface area contributed by atoms with Gasteiger partial charge in [-0.3, -0.25) is 9.89 Å². The van der Waals surface area contributed by atoms with Gasteiger partial charge in [-0.1, -0.05) is 5.92 Å². The number of sulfonamides is 1. The highest BCUT2D eigenvalue weighted by Gasteiger charge is 2.14. The summed E-state index contributed by atoms with van der Waals surface area (Å²) in [5.74, 6) is 1.82. The van der Waals surface area contributed by atoms with Gasteiger partial charge in [0.25, 0.3) is 5.91 Å². The van der Waals surface area contributed by atoms with Gasteiger partial charge in [0.15, 0.2) is 5.65 Å². The van der Waals surface area contributed by atoms with Crippen LogP contribution in [0.15, 0.2) is 41.4 Å². The van der Waals surface area contributed by atoms with Gasteiger partial charge >= 0.3 is 0 Å². The van der Waals surface area contributed by atoms with Crippen LogP contribution in [-0.4, -0.2) is 36.1 Å². The quantitative estimate of drug-likeness (QED) is 0.588. The molecule has 26 heavy (non-hydrogen) atoms. The second-order valence-electron chi connectivity index (χ2n) is 5.45. The topological polar surface area (TPSA) is 117 Å². The molecule has 3 rings (SSSR count). The fraction of sp³-hybridized carbons (Fsp3) is 0.118. The largest absolute Gasteiger partial charge is 0.321 e. The van der Waals surface area contributed by atoms with Crippen molar-refractivity contribution in [2.24, 2.45) is 0 Å². The van der Waals surface area contributed by atoms with Crippen LogP contribution in [0.1, 0.15) is 16.1 Å². The van der Waals surface area contributed by atoms with E-state index in [-0.39, 0.29) is 17.3 Å². The number of fused-ring (bicyclic) bond motifs is 1. The monoisotopic (exact) mass is 369 g/mol. The van der Waals surface area contributed by atoms with Crippen LogP contribution in [0.4, 0.5) is 5.69 Å². The predicted molar refractivity (Wildman–Crippen MR) is 97.0 cm³/mol. The summed E-state index contributed by atoms with van der Waals surface area (Å²) in [6.07, 6.45) is 6.55. The summed E-state index contributed by atoms with van der Waals surface area (Å²) in [7, 11) is -3.69. The predicted octanol–water partition coefficient (Wildman–Crippen LogP) is 1.43. The number of benzene rings is 1. The van der Waals surface area contributed by atoms with Crippen molar-refractivity contribution in [2.75, 3.05) is 11.9 Å². The van der Waals surface area contributed by atoms with Crippen molar-refractivity contribution < 1.29 is 13.2 Å². The van der Waals surface area contributed by atoms with Gasteiger partial charge in [-0.05, 0) is 37.3 Å². The number of amides is 1. The molecule has 9 heteroatoms. The zero-order chi connectivity index (χ0) is 18.7. The number of nitrogens with one attached hydrogen (secondary N) is 3. The number of nitrogens with zero attached hydrogens (tertiary/aromatic N) is 2. The van der Waals surface area contributed by atoms with Crippen molar-refractivity contribution in [2.45, 2.75) is 11.8 Å². The Bertz CT molecular complexity index is 1110. The Balaban J connectivity index is 1.77. The first kappa shape index (κ1) is 17.6. The minimum Gasteiger partial charge on any atom is -0.321 e. The van der Waals surface area contributed by atoms with E-state index in [1.165, 1.54) is 30.5 Å². The lowest BCUT2D eigenvalue weighted by molar-refractivity contribution is 0.102. The van der Waals surface area contributed by atoms with Gasteiger partial charge in [-0.15, -0.1) is 6.42 Å². The Morgan fingerprint density at radius 3 is 2.73 bits per heavy atom. The van der Waals surface area contributed by atoms with E-state index in [0.717, 1.165) is 11.1 Å². The molecule has 0 saturated carbocycles. The molecule has 1 aromatic carbocycles. The molecule has 0 aliphatic rings. The number of pyridine rings is 1. The number of rotatable bonds is 5. The molecule has 0 bridgehead atoms. The number of aromatic nitrogens is 3. The maximum atomic E-state index is 12.4. The molecule has 0 saturated heterocycles. The minimum absolute atomic E-state index is 0.0291. The molecule has 0 radical (unpaired) electrons. The van der Waals surface area contributed by atoms with E-state index in [2.05, 4.69) is 31.1 Å². The highest BCUT2D eigenvalue weighted by Crippen LogP contribution is 2.18. The van der Waals surface area contributed by atoms with Crippen molar-refractivity contribution in [1.29, 1.82) is 0 Å². The van der Waals surface area contributed by atoms with E-state index in [4.69, 9.17) is 6.42 Å². The van der Waals surface area contributed by atoms with Crippen LogP contribution in [0, 0.1) is 19.3 Å². The van der Waals surface area contributed by atoms with Gasteiger partial charge in [0, 0.05) is 16.6 Å². The van der Waals surface area contributed by atoms with Crippen LogP contribution in [0.3, 0.4) is 0 Å². The summed E-state index contributed by atoms with van der Waals surface area (Å²) in [5.41, 5.74) is 2.23. The number of aryl methyl sites for hydroxylation is 1. The zero-order valence-electron chi connectivity index (χ0n) is 13.8. The Kier molecular flexibility index (Phi) is 4.71. The number of terminal acetylenes is 1. The fourth-order valence-corrected chi connectivity index (χ4v) is 3.23. The van der Waals surface area contributed by atoms with Crippen molar-refractivity contribution in [1.82, 2.24) is 19.9 Å². The van der Waals surface area contributed by atoms with E-state index >= 15 is 0 Å². The first-order valence-corrected chi connectivity index (χ1v) is 9.04. The second-order valence-corrected chi connectivity index (χ2v) is 7.22. The third kappa shape index (κ3) is 3.56. The lowest BCUT2D eigenvalue weighted by atomic mass is 10.2. The normalized spacial score (nSPS) is 11.2. The number of carbonyl (C=O) groups is 1. The SMILES string of the molecule is C#CCNS(=O)(=O)c1ccc(C(=O)Nc2cnc3n[nH]c(C)c3c2)cc1. The fourth-order valence-electron chi connectivity index (χ4n) is 2.30. The number of anilines is 1. The van der Waals surface area contributed by atoms with E-state index in [1.807, 2.05) is 6.92 Å². The lowest BCUT2D eigenvalue weighted by Gasteiger charge is -2.07. The standard InChI is InChI=1S/C17H15N5O3S/c1-3-8-19-26(24,25)14-6-4-12(5-7-14)17(23)20-13-9-15-11(2)21-22-16(15)18-10-13/h1,4-7,9-10,19H,8H2,2H3,(H,20,23)(H,18,21,22). The molecule has 8 nitrogen and oxygen atoms in total. The van der Waals surface area contributed by atoms with E-state index in [1.54, 1.807) is 6.07 Å². The van der Waals surface area contributed by atoms with Crippen LogP contribution in [0.2, 0.25) is 0 Å². The van der Waals surface area contributed by atoms with Gasteiger partial charge in [0.1, 0.15) is 0 Å². The van der Waals surface area contributed by atoms with E-state index in [0.29, 0.717) is 16.9 Å². The first-order chi connectivity index (χ1) is 12.4. The van der Waals surface area contributed by atoms with Crippen LogP contribution >= 0.6 is 0 Å². The molecule has 2 heterocycles. The Morgan fingerprint density at radius 2 is 2.04 bits per heavy atom. The summed E-state index contributed by atoms with van der Waals surface area (Å²) in [4.78, 5) is 16.5. The summed E-state index contributed by atoms with van der Waals surface area (Å²) in [6, 6.07) is 7.30. The number of carbonyl (C=O) groups excluding carboxylic acids is 1. The maximum Gasteiger partial charge on any atom is 0.255 e. The van der Waals surface area contributed by atoms with E-state index in [9.17, 15) is 13.2 Å². The van der Waals surface area contributed by atoms with Crippen LogP contribution < -0.4 is 10.0 Å².